The minimum atomic E-state index is -0.568. The first-order valence-corrected chi connectivity index (χ1v) is 8.63. The van der Waals surface area contributed by atoms with Gasteiger partial charge < -0.3 is 15.6 Å². The van der Waals surface area contributed by atoms with Gasteiger partial charge in [-0.3, -0.25) is 0 Å². The van der Waals surface area contributed by atoms with E-state index in [0.29, 0.717) is 11.6 Å². The maximum atomic E-state index is 10.6. The van der Waals surface area contributed by atoms with Crippen LogP contribution in [0.15, 0.2) is 60.0 Å². The molecule has 1 heterocycles. The summed E-state index contributed by atoms with van der Waals surface area (Å²) in [7, 11) is 1.65. The number of hydrogen-bond donors (Lipinski definition) is 2. The summed E-state index contributed by atoms with van der Waals surface area (Å²) in [6, 6.07) is 17.5. The van der Waals surface area contributed by atoms with Crippen LogP contribution in [0.5, 0.6) is 5.75 Å². The Morgan fingerprint density at radius 1 is 1.08 bits per heavy atom. The van der Waals surface area contributed by atoms with Gasteiger partial charge in [0.15, 0.2) is 5.13 Å². The van der Waals surface area contributed by atoms with E-state index in [9.17, 15) is 5.11 Å². The van der Waals surface area contributed by atoms with E-state index in [1.54, 1.807) is 7.11 Å². The van der Waals surface area contributed by atoms with Crippen molar-refractivity contribution >= 4 is 16.5 Å². The molecule has 3 aromatic rings. The number of nitrogen functional groups attached to an aromatic ring is 1. The van der Waals surface area contributed by atoms with Crippen LogP contribution in [0.3, 0.4) is 0 Å². The molecule has 0 spiro atoms. The first-order chi connectivity index (χ1) is 11.7. The number of aromatic nitrogens is 1. The summed E-state index contributed by atoms with van der Waals surface area (Å²) in [6.07, 6.45) is -0.0271. The number of ether oxygens (including phenoxy) is 1. The lowest BCUT2D eigenvalue weighted by molar-refractivity contribution is 0.161. The van der Waals surface area contributed by atoms with Crippen molar-refractivity contribution in [2.45, 2.75) is 18.4 Å². The Morgan fingerprint density at radius 3 is 2.38 bits per heavy atom. The van der Waals surface area contributed by atoms with Crippen LogP contribution in [0.1, 0.15) is 35.3 Å². The summed E-state index contributed by atoms with van der Waals surface area (Å²) >= 11 is 1.42. The third-order valence-electron chi connectivity index (χ3n) is 4.06. The van der Waals surface area contributed by atoms with E-state index in [1.807, 2.05) is 60.0 Å². The quantitative estimate of drug-likeness (QED) is 0.712. The molecule has 2 atom stereocenters. The smallest absolute Gasteiger partial charge is 0.180 e. The van der Waals surface area contributed by atoms with Crippen LogP contribution in [-0.4, -0.2) is 17.2 Å². The van der Waals surface area contributed by atoms with Gasteiger partial charge in [0.05, 0.1) is 18.9 Å². The minimum absolute atomic E-state index is 0.0281. The molecule has 2 aromatic carbocycles. The van der Waals surface area contributed by atoms with E-state index >= 15 is 0 Å². The second kappa shape index (κ2) is 7.47. The highest BCUT2D eigenvalue weighted by Gasteiger charge is 2.22. The lowest BCUT2D eigenvalue weighted by atomic mass is 9.88. The molecule has 0 fully saturated rings. The normalized spacial score (nSPS) is 13.4. The molecule has 0 amide bonds. The molecule has 124 valence electrons. The van der Waals surface area contributed by atoms with Crippen molar-refractivity contribution in [3.8, 4) is 5.75 Å². The number of anilines is 1. The summed E-state index contributed by atoms with van der Waals surface area (Å²) < 4.78 is 5.23. The van der Waals surface area contributed by atoms with Crippen LogP contribution in [-0.2, 0) is 0 Å². The molecule has 2 unspecified atom stereocenters. The van der Waals surface area contributed by atoms with Gasteiger partial charge >= 0.3 is 0 Å². The van der Waals surface area contributed by atoms with Crippen molar-refractivity contribution in [3.63, 3.8) is 0 Å². The third kappa shape index (κ3) is 3.75. The van der Waals surface area contributed by atoms with E-state index < -0.39 is 6.10 Å². The van der Waals surface area contributed by atoms with Gasteiger partial charge in [0.1, 0.15) is 5.75 Å². The van der Waals surface area contributed by atoms with E-state index in [4.69, 9.17) is 10.5 Å². The first-order valence-electron chi connectivity index (χ1n) is 7.75. The van der Waals surface area contributed by atoms with Crippen LogP contribution < -0.4 is 10.5 Å². The zero-order chi connectivity index (χ0) is 16.9. The van der Waals surface area contributed by atoms with Gasteiger partial charge in [0.2, 0.25) is 0 Å². The molecule has 24 heavy (non-hydrogen) atoms. The number of aliphatic hydroxyl groups excluding tert-OH is 1. The molecule has 3 rings (SSSR count). The predicted octanol–water partition coefficient (Wildman–Crippen LogP) is 3.99. The monoisotopic (exact) mass is 340 g/mol. The molecule has 0 aliphatic heterocycles. The molecule has 0 saturated carbocycles. The average Bonchev–Trinajstić information content (AvgIpc) is 3.06. The number of nitrogens with zero attached hydrogens (tertiary/aromatic N) is 1. The van der Waals surface area contributed by atoms with Gasteiger partial charge in [-0.2, -0.15) is 0 Å². The first kappa shape index (κ1) is 16.5. The maximum Gasteiger partial charge on any atom is 0.180 e. The lowest BCUT2D eigenvalue weighted by Gasteiger charge is -2.20. The Kier molecular flexibility index (Phi) is 5.13. The number of benzene rings is 2. The summed E-state index contributed by atoms with van der Waals surface area (Å²) in [5.74, 6) is 0.776. The van der Waals surface area contributed by atoms with E-state index in [1.165, 1.54) is 11.3 Å². The summed E-state index contributed by atoms with van der Waals surface area (Å²) in [6.45, 7) is 0. The molecule has 0 radical (unpaired) electrons. The maximum absolute atomic E-state index is 10.6. The van der Waals surface area contributed by atoms with Crippen molar-refractivity contribution in [3.05, 3.63) is 76.8 Å². The fraction of sp³-hybridized carbons (Fsp3) is 0.211. The molecule has 0 aliphatic rings. The number of hydrogen-bond acceptors (Lipinski definition) is 5. The van der Waals surface area contributed by atoms with Crippen LogP contribution in [0.4, 0.5) is 5.13 Å². The highest BCUT2D eigenvalue weighted by Crippen LogP contribution is 2.35. The zero-order valence-corrected chi connectivity index (χ0v) is 14.2. The highest BCUT2D eigenvalue weighted by atomic mass is 32.1. The molecule has 1 aromatic heterocycles. The summed E-state index contributed by atoms with van der Waals surface area (Å²) in [4.78, 5) is 4.43. The van der Waals surface area contributed by atoms with Crippen LogP contribution in [0.25, 0.3) is 0 Å². The minimum Gasteiger partial charge on any atom is -0.497 e. The van der Waals surface area contributed by atoms with E-state index in [2.05, 4.69) is 4.98 Å². The topological polar surface area (TPSA) is 68.4 Å². The van der Waals surface area contributed by atoms with Crippen molar-refractivity contribution < 1.29 is 9.84 Å². The average molecular weight is 340 g/mol. The van der Waals surface area contributed by atoms with Crippen LogP contribution in [0, 0.1) is 0 Å². The van der Waals surface area contributed by atoms with Crippen molar-refractivity contribution in [2.24, 2.45) is 0 Å². The highest BCUT2D eigenvalue weighted by molar-refractivity contribution is 7.13. The van der Waals surface area contributed by atoms with Gasteiger partial charge in [-0.25, -0.2) is 4.98 Å². The Morgan fingerprint density at radius 2 is 1.79 bits per heavy atom. The standard InChI is InChI=1S/C19H20N2O2S/c1-23-15-9-7-13(8-10-15)16(17-12-24-19(20)21-17)11-18(22)14-5-3-2-4-6-14/h2-10,12,16,18,22H,11H2,1H3,(H2,20,21). The molecule has 0 saturated heterocycles. The Balaban J connectivity index is 1.90. The Labute approximate surface area is 145 Å². The van der Waals surface area contributed by atoms with Crippen LogP contribution in [0.2, 0.25) is 0 Å². The molecular formula is C19H20N2O2S. The predicted molar refractivity (Wildman–Crippen MR) is 97.4 cm³/mol. The van der Waals surface area contributed by atoms with Crippen molar-refractivity contribution in [2.75, 3.05) is 12.8 Å². The van der Waals surface area contributed by atoms with E-state index in [-0.39, 0.29) is 5.92 Å². The SMILES string of the molecule is COc1ccc(C(CC(O)c2ccccc2)c2csc(N)n2)cc1. The van der Waals surface area contributed by atoms with Crippen LogP contribution >= 0.6 is 11.3 Å². The van der Waals surface area contributed by atoms with E-state index in [0.717, 1.165) is 22.6 Å². The van der Waals surface area contributed by atoms with Gasteiger partial charge in [-0.15, -0.1) is 11.3 Å². The number of aliphatic hydroxyl groups is 1. The number of methoxy groups -OCH3 is 1. The fourth-order valence-electron chi connectivity index (χ4n) is 2.76. The Hall–Kier alpha value is -2.37. The van der Waals surface area contributed by atoms with Crippen molar-refractivity contribution in [1.29, 1.82) is 0 Å². The third-order valence-corrected chi connectivity index (χ3v) is 4.75. The number of rotatable bonds is 6. The molecular weight excluding hydrogens is 320 g/mol. The molecule has 4 nitrogen and oxygen atoms in total. The zero-order valence-electron chi connectivity index (χ0n) is 13.4. The second-order valence-corrected chi connectivity index (χ2v) is 6.49. The lowest BCUT2D eigenvalue weighted by Crippen LogP contribution is -2.08. The molecule has 0 aliphatic carbocycles. The molecule has 5 heteroatoms. The second-order valence-electron chi connectivity index (χ2n) is 5.60. The number of nitrogens with two attached hydrogens (primary N) is 1. The summed E-state index contributed by atoms with van der Waals surface area (Å²) in [5.41, 5.74) is 8.68. The molecule has 0 bridgehead atoms. The number of thiazole rings is 1. The van der Waals surface area contributed by atoms with Crippen molar-refractivity contribution in [1.82, 2.24) is 4.98 Å². The fourth-order valence-corrected chi connectivity index (χ4v) is 3.38. The summed E-state index contributed by atoms with van der Waals surface area (Å²) in [5, 5.41) is 13.1. The largest absolute Gasteiger partial charge is 0.497 e. The van der Waals surface area contributed by atoms with Gasteiger partial charge in [0.25, 0.3) is 0 Å². The molecule has 3 N–H and O–H groups in total. The van der Waals surface area contributed by atoms with Gasteiger partial charge in [-0.1, -0.05) is 42.5 Å². The Bertz CT molecular complexity index is 772. The van der Waals surface area contributed by atoms with Gasteiger partial charge in [0, 0.05) is 11.3 Å². The van der Waals surface area contributed by atoms with Gasteiger partial charge in [-0.05, 0) is 29.7 Å².